The Bertz CT molecular complexity index is 851. The molecular weight excluding hydrogens is 510 g/mol. The van der Waals surface area contributed by atoms with Crippen LogP contribution in [0.4, 0.5) is 0 Å². The van der Waals surface area contributed by atoms with Gasteiger partial charge in [0.1, 0.15) is 5.75 Å². The topological polar surface area (TPSA) is 79.5 Å². The summed E-state index contributed by atoms with van der Waals surface area (Å²) < 4.78 is 6.97. The van der Waals surface area contributed by atoms with Gasteiger partial charge in [0, 0.05) is 4.47 Å². The zero-order valence-electron chi connectivity index (χ0n) is 13.0. The molecule has 2 rings (SSSR count). The van der Waals surface area contributed by atoms with Crippen molar-refractivity contribution in [2.75, 3.05) is 6.61 Å². The number of benzene rings is 2. The molecule has 2 amide bonds. The molecule has 0 saturated carbocycles. The summed E-state index contributed by atoms with van der Waals surface area (Å²) in [6, 6.07) is 11.8. The second kappa shape index (κ2) is 9.86. The Morgan fingerprint density at radius 1 is 1.12 bits per heavy atom. The fourth-order valence-electron chi connectivity index (χ4n) is 1.76. The maximum absolute atomic E-state index is 12.0. The predicted molar refractivity (Wildman–Crippen MR) is 110 cm³/mol. The van der Waals surface area contributed by atoms with Gasteiger partial charge in [-0.05, 0) is 58.5 Å². The molecule has 2 aromatic carbocycles. The number of carbonyl (C=O) groups is 2. The number of amides is 2. The van der Waals surface area contributed by atoms with E-state index < -0.39 is 11.8 Å². The van der Waals surface area contributed by atoms with Gasteiger partial charge in [0.2, 0.25) is 0 Å². The van der Waals surface area contributed by atoms with Crippen LogP contribution in [-0.4, -0.2) is 23.5 Å². The standard InChI is InChI=1S/C16H12Br2ClN3O3S/c17-9-5-6-13(11(18)7-9)25-8-14(23)20-16(26)22-21-15(24)10-3-1-2-4-12(10)19/h1-7H,8H2,(H,21,24)(H2,20,22,23,26). The molecule has 0 aliphatic heterocycles. The quantitative estimate of drug-likeness (QED) is 0.424. The molecule has 0 unspecified atom stereocenters. The van der Waals surface area contributed by atoms with Gasteiger partial charge in [0.25, 0.3) is 11.8 Å². The Morgan fingerprint density at radius 2 is 1.85 bits per heavy atom. The molecule has 0 heterocycles. The first-order valence-electron chi connectivity index (χ1n) is 7.09. The van der Waals surface area contributed by atoms with Gasteiger partial charge in [-0.25, -0.2) is 0 Å². The summed E-state index contributed by atoms with van der Waals surface area (Å²) in [5, 5.41) is 2.61. The average molecular weight is 522 g/mol. The van der Waals surface area contributed by atoms with Gasteiger partial charge in [-0.1, -0.05) is 39.7 Å². The molecule has 0 aliphatic carbocycles. The Morgan fingerprint density at radius 3 is 2.54 bits per heavy atom. The zero-order chi connectivity index (χ0) is 19.1. The summed E-state index contributed by atoms with van der Waals surface area (Å²) in [6.45, 7) is -0.249. The van der Waals surface area contributed by atoms with Crippen molar-refractivity contribution in [3.05, 3.63) is 62.0 Å². The van der Waals surface area contributed by atoms with Crippen molar-refractivity contribution in [1.29, 1.82) is 0 Å². The molecule has 0 aliphatic rings. The van der Waals surface area contributed by atoms with E-state index in [1.165, 1.54) is 0 Å². The average Bonchev–Trinajstić information content (AvgIpc) is 2.59. The van der Waals surface area contributed by atoms with Crippen LogP contribution in [0.3, 0.4) is 0 Å². The summed E-state index contributed by atoms with van der Waals surface area (Å²) in [7, 11) is 0. The van der Waals surface area contributed by atoms with Gasteiger partial charge in [0.15, 0.2) is 11.7 Å². The predicted octanol–water partition coefficient (Wildman–Crippen LogP) is 3.58. The summed E-state index contributed by atoms with van der Waals surface area (Å²) in [4.78, 5) is 23.8. The molecule has 3 N–H and O–H groups in total. The molecule has 0 aromatic heterocycles. The van der Waals surface area contributed by atoms with Crippen molar-refractivity contribution < 1.29 is 14.3 Å². The highest BCUT2D eigenvalue weighted by atomic mass is 79.9. The second-order valence-electron chi connectivity index (χ2n) is 4.80. The van der Waals surface area contributed by atoms with Crippen molar-refractivity contribution in [3.63, 3.8) is 0 Å². The highest BCUT2D eigenvalue weighted by Gasteiger charge is 2.11. The van der Waals surface area contributed by atoms with Gasteiger partial charge in [0.05, 0.1) is 15.1 Å². The van der Waals surface area contributed by atoms with Crippen LogP contribution in [0, 0.1) is 0 Å². The maximum atomic E-state index is 12.0. The van der Waals surface area contributed by atoms with Crippen LogP contribution in [0.1, 0.15) is 10.4 Å². The lowest BCUT2D eigenvalue weighted by Crippen LogP contribution is -2.49. The van der Waals surface area contributed by atoms with Gasteiger partial charge < -0.3 is 4.74 Å². The molecule has 0 spiro atoms. The van der Waals surface area contributed by atoms with Crippen LogP contribution in [0.25, 0.3) is 0 Å². The third-order valence-corrected chi connectivity index (χ3v) is 4.56. The number of hydrogen-bond acceptors (Lipinski definition) is 4. The van der Waals surface area contributed by atoms with Crippen LogP contribution >= 0.6 is 55.7 Å². The van der Waals surface area contributed by atoms with E-state index >= 15 is 0 Å². The van der Waals surface area contributed by atoms with E-state index in [0.717, 1.165) is 4.47 Å². The number of thiocarbonyl (C=S) groups is 1. The number of rotatable bonds is 4. The normalized spacial score (nSPS) is 9.96. The van der Waals surface area contributed by atoms with Crippen LogP contribution < -0.4 is 20.9 Å². The lowest BCUT2D eigenvalue weighted by Gasteiger charge is -2.12. The lowest BCUT2D eigenvalue weighted by molar-refractivity contribution is -0.121. The van der Waals surface area contributed by atoms with E-state index in [0.29, 0.717) is 15.2 Å². The molecule has 0 radical (unpaired) electrons. The van der Waals surface area contributed by atoms with Crippen molar-refractivity contribution in [1.82, 2.24) is 16.2 Å². The monoisotopic (exact) mass is 519 g/mol. The van der Waals surface area contributed by atoms with Gasteiger partial charge in [-0.15, -0.1) is 0 Å². The van der Waals surface area contributed by atoms with Gasteiger partial charge >= 0.3 is 0 Å². The largest absolute Gasteiger partial charge is 0.483 e. The summed E-state index contributed by atoms with van der Waals surface area (Å²) in [5.41, 5.74) is 5.05. The van der Waals surface area contributed by atoms with Crippen LogP contribution in [-0.2, 0) is 4.79 Å². The molecule has 26 heavy (non-hydrogen) atoms. The summed E-state index contributed by atoms with van der Waals surface area (Å²) >= 11 is 17.5. The van der Waals surface area contributed by atoms with Crippen LogP contribution in [0.5, 0.6) is 5.75 Å². The Hall–Kier alpha value is -1.68. The first-order chi connectivity index (χ1) is 12.4. The molecule has 0 bridgehead atoms. The highest BCUT2D eigenvalue weighted by Crippen LogP contribution is 2.28. The fourth-order valence-corrected chi connectivity index (χ4v) is 3.30. The van der Waals surface area contributed by atoms with E-state index in [-0.39, 0.29) is 17.3 Å². The molecular formula is C16H12Br2ClN3O3S. The van der Waals surface area contributed by atoms with Crippen molar-refractivity contribution in [2.24, 2.45) is 0 Å². The minimum atomic E-state index is -0.484. The van der Waals surface area contributed by atoms with Gasteiger partial charge in [-0.3, -0.25) is 25.8 Å². The first kappa shape index (κ1) is 20.6. The molecule has 2 aromatic rings. The number of carbonyl (C=O) groups excluding carboxylic acids is 2. The summed E-state index contributed by atoms with van der Waals surface area (Å²) in [5.74, 6) is -0.458. The number of ether oxygens (including phenoxy) is 1. The number of halogens is 3. The lowest BCUT2D eigenvalue weighted by atomic mass is 10.2. The molecule has 0 atom stereocenters. The number of nitrogens with one attached hydrogen (secondary N) is 3. The van der Waals surface area contributed by atoms with E-state index in [1.807, 2.05) is 0 Å². The van der Waals surface area contributed by atoms with E-state index in [1.54, 1.807) is 42.5 Å². The third kappa shape index (κ3) is 6.24. The summed E-state index contributed by atoms with van der Waals surface area (Å²) in [6.07, 6.45) is 0. The molecule has 6 nitrogen and oxygen atoms in total. The van der Waals surface area contributed by atoms with Crippen molar-refractivity contribution in [2.45, 2.75) is 0 Å². The van der Waals surface area contributed by atoms with Crippen LogP contribution in [0.2, 0.25) is 5.02 Å². The van der Waals surface area contributed by atoms with Crippen LogP contribution in [0.15, 0.2) is 51.4 Å². The van der Waals surface area contributed by atoms with Crippen molar-refractivity contribution >= 4 is 72.6 Å². The minimum Gasteiger partial charge on any atom is -0.483 e. The Balaban J connectivity index is 1.77. The Labute approximate surface area is 176 Å². The molecule has 136 valence electrons. The minimum absolute atomic E-state index is 0.0751. The number of hydrogen-bond donors (Lipinski definition) is 3. The van der Waals surface area contributed by atoms with Crippen molar-refractivity contribution in [3.8, 4) is 5.75 Å². The first-order valence-corrected chi connectivity index (χ1v) is 9.46. The molecule has 0 fully saturated rings. The zero-order valence-corrected chi connectivity index (χ0v) is 17.8. The maximum Gasteiger partial charge on any atom is 0.271 e. The second-order valence-corrected chi connectivity index (χ2v) is 7.39. The van der Waals surface area contributed by atoms with E-state index in [9.17, 15) is 9.59 Å². The molecule has 10 heteroatoms. The smallest absolute Gasteiger partial charge is 0.271 e. The van der Waals surface area contributed by atoms with Gasteiger partial charge in [-0.2, -0.15) is 0 Å². The SMILES string of the molecule is O=C(COc1ccc(Br)cc1Br)NC(=S)NNC(=O)c1ccccc1Cl. The highest BCUT2D eigenvalue weighted by molar-refractivity contribution is 9.11. The number of hydrazine groups is 1. The fraction of sp³-hybridized carbons (Fsp3) is 0.0625. The molecule has 0 saturated heterocycles. The third-order valence-electron chi connectivity index (χ3n) is 2.91. The Kier molecular flexibility index (Phi) is 7.83. The van der Waals surface area contributed by atoms with E-state index in [2.05, 4.69) is 48.0 Å². The van der Waals surface area contributed by atoms with E-state index in [4.69, 9.17) is 28.6 Å².